The molecule has 35 heavy (non-hydrogen) atoms. The second-order valence-corrected chi connectivity index (χ2v) is 8.40. The van der Waals surface area contributed by atoms with Crippen LogP contribution in [0.15, 0.2) is 61.2 Å². The van der Waals surface area contributed by atoms with Crippen LogP contribution < -0.4 is 4.90 Å². The van der Waals surface area contributed by atoms with Crippen molar-refractivity contribution in [3.05, 3.63) is 78.3 Å². The molecule has 5 rings (SSSR count). The van der Waals surface area contributed by atoms with Gasteiger partial charge in [0.05, 0.1) is 23.9 Å². The molecule has 0 bridgehead atoms. The maximum Gasteiger partial charge on any atom is 0.406 e. The largest absolute Gasteiger partial charge is 0.406 e. The lowest BCUT2D eigenvalue weighted by molar-refractivity contribution is -0.134. The molecule has 1 atom stereocenters. The zero-order valence-corrected chi connectivity index (χ0v) is 18.6. The molecule has 0 fully saturated rings. The smallest absolute Gasteiger partial charge is 0.303 e. The minimum Gasteiger partial charge on any atom is -0.303 e. The number of nitrogens with zero attached hydrogens (tertiary/aromatic N) is 6. The molecule has 180 valence electrons. The summed E-state index contributed by atoms with van der Waals surface area (Å²) in [4.78, 5) is 18.1. The topological polar surface area (TPSA) is 68.8 Å². The Bertz CT molecular complexity index is 1390. The lowest BCUT2D eigenvalue weighted by Crippen LogP contribution is -2.42. The molecule has 0 unspecified atom stereocenters. The summed E-state index contributed by atoms with van der Waals surface area (Å²) in [5.74, 6) is -1.23. The van der Waals surface area contributed by atoms with E-state index in [-0.39, 0.29) is 12.1 Å². The Kier molecular flexibility index (Phi) is 5.62. The molecule has 1 amide bonds. The summed E-state index contributed by atoms with van der Waals surface area (Å²) in [7, 11) is 0. The number of fused-ring (bicyclic) bond motifs is 1. The van der Waals surface area contributed by atoms with E-state index in [1.54, 1.807) is 48.0 Å². The van der Waals surface area contributed by atoms with Crippen LogP contribution in [-0.4, -0.2) is 43.2 Å². The van der Waals surface area contributed by atoms with Crippen molar-refractivity contribution in [3.8, 4) is 16.9 Å². The summed E-state index contributed by atoms with van der Waals surface area (Å²) in [6.45, 7) is 0.394. The molecular formula is C24H20F4N6O. The summed E-state index contributed by atoms with van der Waals surface area (Å²) in [6.07, 6.45) is 0.727. The fourth-order valence-corrected chi connectivity index (χ4v) is 4.28. The van der Waals surface area contributed by atoms with Crippen LogP contribution in [0.1, 0.15) is 23.7 Å². The van der Waals surface area contributed by atoms with Crippen molar-refractivity contribution in [2.24, 2.45) is 0 Å². The molecule has 2 aromatic carbocycles. The molecule has 1 aliphatic heterocycles. The number of carbonyl (C=O) groups is 1. The van der Waals surface area contributed by atoms with Gasteiger partial charge in [0.1, 0.15) is 24.1 Å². The molecule has 3 heterocycles. The van der Waals surface area contributed by atoms with Gasteiger partial charge in [-0.25, -0.2) is 14.1 Å². The van der Waals surface area contributed by atoms with E-state index in [1.165, 1.54) is 29.3 Å². The number of para-hydroxylation sites is 1. The zero-order chi connectivity index (χ0) is 24.7. The van der Waals surface area contributed by atoms with Crippen molar-refractivity contribution in [1.29, 1.82) is 0 Å². The molecule has 0 spiro atoms. The number of hydrogen-bond donors (Lipinski definition) is 0. The first kappa shape index (κ1) is 22.8. The number of benzene rings is 2. The van der Waals surface area contributed by atoms with Crippen LogP contribution in [0, 0.1) is 12.7 Å². The van der Waals surface area contributed by atoms with Crippen LogP contribution >= 0.6 is 0 Å². The third-order valence-corrected chi connectivity index (χ3v) is 5.92. The van der Waals surface area contributed by atoms with Crippen molar-refractivity contribution in [2.75, 3.05) is 11.4 Å². The fraction of sp³-hybridized carbons (Fsp3) is 0.250. The van der Waals surface area contributed by atoms with E-state index in [0.717, 1.165) is 10.6 Å². The van der Waals surface area contributed by atoms with Crippen LogP contribution in [0.25, 0.3) is 16.9 Å². The van der Waals surface area contributed by atoms with Crippen LogP contribution in [-0.2, 0) is 11.2 Å². The van der Waals surface area contributed by atoms with Crippen molar-refractivity contribution in [2.45, 2.75) is 32.0 Å². The van der Waals surface area contributed by atoms with E-state index in [4.69, 9.17) is 0 Å². The van der Waals surface area contributed by atoms with Gasteiger partial charge in [-0.1, -0.05) is 29.5 Å². The number of imidazole rings is 1. The number of hydrogen-bond acceptors (Lipinski definition) is 4. The van der Waals surface area contributed by atoms with Crippen LogP contribution in [0.5, 0.6) is 0 Å². The molecule has 7 nitrogen and oxygen atoms in total. The Labute approximate surface area is 197 Å². The first-order valence-electron chi connectivity index (χ1n) is 10.9. The Hall–Kier alpha value is -4.02. The number of aryl methyl sites for hydroxylation is 2. The molecule has 1 aliphatic rings. The van der Waals surface area contributed by atoms with E-state index in [9.17, 15) is 22.4 Å². The van der Waals surface area contributed by atoms with E-state index >= 15 is 0 Å². The van der Waals surface area contributed by atoms with Crippen molar-refractivity contribution in [1.82, 2.24) is 24.5 Å². The van der Waals surface area contributed by atoms with Gasteiger partial charge in [-0.15, -0.1) is 5.10 Å². The molecular weight excluding hydrogens is 464 g/mol. The number of aromatic nitrogens is 5. The first-order chi connectivity index (χ1) is 16.7. The van der Waals surface area contributed by atoms with Crippen molar-refractivity contribution < 1.29 is 22.4 Å². The van der Waals surface area contributed by atoms with Crippen LogP contribution in [0.3, 0.4) is 0 Å². The lowest BCUT2D eigenvalue weighted by atomic mass is 10.1. The minimum atomic E-state index is -4.57. The van der Waals surface area contributed by atoms with Crippen molar-refractivity contribution >= 4 is 11.6 Å². The summed E-state index contributed by atoms with van der Waals surface area (Å²) < 4.78 is 57.6. The van der Waals surface area contributed by atoms with Gasteiger partial charge < -0.3 is 9.47 Å². The number of anilines is 1. The molecule has 11 heteroatoms. The van der Waals surface area contributed by atoms with E-state index in [2.05, 4.69) is 15.3 Å². The summed E-state index contributed by atoms with van der Waals surface area (Å²) in [5.41, 5.74) is 2.66. The molecule has 4 aromatic rings. The van der Waals surface area contributed by atoms with E-state index < -0.39 is 30.5 Å². The zero-order valence-electron chi connectivity index (χ0n) is 18.6. The highest BCUT2D eigenvalue weighted by Crippen LogP contribution is 2.34. The molecule has 2 aromatic heterocycles. The Morgan fingerprint density at radius 2 is 1.89 bits per heavy atom. The number of alkyl halides is 3. The van der Waals surface area contributed by atoms with Gasteiger partial charge in [-0.2, -0.15) is 13.2 Å². The Morgan fingerprint density at radius 1 is 1.09 bits per heavy atom. The third-order valence-electron chi connectivity index (χ3n) is 5.92. The average molecular weight is 484 g/mol. The Balaban J connectivity index is 1.45. The SMILES string of the molecule is Cc1cn(-c2ccc(-c3cn([C@@H]4CCc5ccccc5N(CC(F)(F)F)C4=O)nn3)cc2F)cn1. The van der Waals surface area contributed by atoms with Gasteiger partial charge in [0.15, 0.2) is 0 Å². The third kappa shape index (κ3) is 4.53. The number of rotatable bonds is 4. The van der Waals surface area contributed by atoms with Gasteiger partial charge in [0, 0.05) is 17.4 Å². The van der Waals surface area contributed by atoms with Crippen molar-refractivity contribution in [3.63, 3.8) is 0 Å². The monoisotopic (exact) mass is 484 g/mol. The highest BCUT2D eigenvalue weighted by molar-refractivity contribution is 5.97. The first-order valence-corrected chi connectivity index (χ1v) is 10.9. The molecule has 0 aliphatic carbocycles. The average Bonchev–Trinajstić information content (AvgIpc) is 3.44. The van der Waals surface area contributed by atoms with E-state index in [0.29, 0.717) is 28.9 Å². The maximum atomic E-state index is 14.8. The normalized spacial score (nSPS) is 16.3. The van der Waals surface area contributed by atoms with Gasteiger partial charge >= 0.3 is 6.18 Å². The summed E-state index contributed by atoms with van der Waals surface area (Å²) in [6, 6.07) is 10.1. The second-order valence-electron chi connectivity index (χ2n) is 8.40. The van der Waals surface area contributed by atoms with Gasteiger partial charge in [0.2, 0.25) is 0 Å². The highest BCUT2D eigenvalue weighted by atomic mass is 19.4. The fourth-order valence-electron chi connectivity index (χ4n) is 4.28. The molecule has 0 radical (unpaired) electrons. The van der Waals surface area contributed by atoms with E-state index in [1.807, 2.05) is 0 Å². The van der Waals surface area contributed by atoms with Gasteiger partial charge in [-0.05, 0) is 43.5 Å². The van der Waals surface area contributed by atoms with Gasteiger partial charge in [0.25, 0.3) is 5.91 Å². The van der Waals surface area contributed by atoms with Crippen LogP contribution in [0.2, 0.25) is 0 Å². The summed E-state index contributed by atoms with van der Waals surface area (Å²) >= 11 is 0. The summed E-state index contributed by atoms with van der Waals surface area (Å²) in [5, 5.41) is 8.07. The van der Waals surface area contributed by atoms with Gasteiger partial charge in [-0.3, -0.25) is 4.79 Å². The predicted molar refractivity (Wildman–Crippen MR) is 119 cm³/mol. The molecule has 0 N–H and O–H groups in total. The highest BCUT2D eigenvalue weighted by Gasteiger charge is 2.39. The lowest BCUT2D eigenvalue weighted by Gasteiger charge is -2.26. The number of halogens is 4. The quantitative estimate of drug-likeness (QED) is 0.395. The second kappa shape index (κ2) is 8.64. The predicted octanol–water partition coefficient (Wildman–Crippen LogP) is 4.66. The molecule has 0 saturated heterocycles. The number of carbonyl (C=O) groups excluding carboxylic acids is 1. The maximum absolute atomic E-state index is 14.8. The van der Waals surface area contributed by atoms with Crippen LogP contribution in [0.4, 0.5) is 23.2 Å². The minimum absolute atomic E-state index is 0.241. The Morgan fingerprint density at radius 3 is 2.60 bits per heavy atom. The molecule has 0 saturated carbocycles. The standard InChI is InChI=1S/C24H20F4N6O/c1-15-11-32(14-29-15)21-8-7-17(10-18(21)25)19-12-34(31-30-19)22-9-6-16-4-2-3-5-20(16)33(23(22)35)13-24(26,27)28/h2-5,7-8,10-12,14,22H,6,9,13H2,1H3/t22-/m1/s1. The number of amides is 1.